The van der Waals surface area contributed by atoms with Crippen LogP contribution in [0.5, 0.6) is 0 Å². The lowest BCUT2D eigenvalue weighted by Gasteiger charge is -2.34. The molecule has 0 aliphatic carbocycles. The molecule has 0 saturated heterocycles. The Bertz CT molecular complexity index is 573. The van der Waals surface area contributed by atoms with Crippen LogP contribution >= 0.6 is 0 Å². The standard InChI is InChI=1S/C14H14F3NO4/c15-14(16,17)8-22-7-12(19)18-6-10-4-2-1-3-9(10)5-11(18)13(20)21/h1-4,11H,5-8H2,(H,20,21). The predicted octanol–water partition coefficient (Wildman–Crippen LogP) is 1.60. The number of benzene rings is 1. The van der Waals surface area contributed by atoms with E-state index in [2.05, 4.69) is 4.74 Å². The maximum Gasteiger partial charge on any atom is 0.411 e. The molecular weight excluding hydrogens is 303 g/mol. The summed E-state index contributed by atoms with van der Waals surface area (Å²) in [6.45, 7) is -2.30. The van der Waals surface area contributed by atoms with E-state index < -0.39 is 37.3 Å². The summed E-state index contributed by atoms with van der Waals surface area (Å²) in [7, 11) is 0. The number of alkyl halides is 3. The monoisotopic (exact) mass is 317 g/mol. The Balaban J connectivity index is 2.07. The largest absolute Gasteiger partial charge is 0.480 e. The number of carboxylic acids is 1. The van der Waals surface area contributed by atoms with Crippen molar-refractivity contribution in [2.24, 2.45) is 0 Å². The predicted molar refractivity (Wildman–Crippen MR) is 69.0 cm³/mol. The van der Waals surface area contributed by atoms with Gasteiger partial charge in [-0.1, -0.05) is 24.3 Å². The van der Waals surface area contributed by atoms with E-state index in [-0.39, 0.29) is 13.0 Å². The average molecular weight is 317 g/mol. The van der Waals surface area contributed by atoms with E-state index in [9.17, 15) is 27.9 Å². The van der Waals surface area contributed by atoms with Crippen molar-refractivity contribution in [3.8, 4) is 0 Å². The maximum absolute atomic E-state index is 12.0. The van der Waals surface area contributed by atoms with Crippen LogP contribution in [0.3, 0.4) is 0 Å². The van der Waals surface area contributed by atoms with E-state index >= 15 is 0 Å². The molecule has 1 aromatic rings. The van der Waals surface area contributed by atoms with E-state index in [4.69, 9.17) is 0 Å². The Hall–Kier alpha value is -2.09. The van der Waals surface area contributed by atoms with Gasteiger partial charge < -0.3 is 14.7 Å². The van der Waals surface area contributed by atoms with Gasteiger partial charge in [0.15, 0.2) is 0 Å². The van der Waals surface area contributed by atoms with Crippen LogP contribution in [0.25, 0.3) is 0 Å². The van der Waals surface area contributed by atoms with E-state index in [0.717, 1.165) is 16.0 Å². The topological polar surface area (TPSA) is 66.8 Å². The van der Waals surface area contributed by atoms with Gasteiger partial charge in [0, 0.05) is 13.0 Å². The Kier molecular flexibility index (Phi) is 4.70. The molecule has 1 amide bonds. The third-order valence-corrected chi connectivity index (χ3v) is 3.35. The third kappa shape index (κ3) is 3.97. The highest BCUT2D eigenvalue weighted by atomic mass is 19.4. The van der Waals surface area contributed by atoms with Crippen LogP contribution in [0.1, 0.15) is 11.1 Å². The van der Waals surface area contributed by atoms with Crippen LogP contribution < -0.4 is 0 Å². The first-order chi connectivity index (χ1) is 10.3. The smallest absolute Gasteiger partial charge is 0.411 e. The second kappa shape index (κ2) is 6.35. The van der Waals surface area contributed by atoms with Gasteiger partial charge in [0.05, 0.1) is 0 Å². The quantitative estimate of drug-likeness (QED) is 0.916. The number of rotatable bonds is 4. The van der Waals surface area contributed by atoms with Gasteiger partial charge in [0.25, 0.3) is 0 Å². The molecular formula is C14H14F3NO4. The number of hydrogen-bond acceptors (Lipinski definition) is 3. The Morgan fingerprint density at radius 1 is 1.27 bits per heavy atom. The van der Waals surface area contributed by atoms with E-state index in [1.807, 2.05) is 0 Å². The lowest BCUT2D eigenvalue weighted by Crippen LogP contribution is -2.50. The zero-order valence-electron chi connectivity index (χ0n) is 11.5. The van der Waals surface area contributed by atoms with Crippen molar-refractivity contribution < 1.29 is 32.6 Å². The lowest BCUT2D eigenvalue weighted by molar-refractivity contribution is -0.179. The molecule has 0 aromatic heterocycles. The summed E-state index contributed by atoms with van der Waals surface area (Å²) < 4.78 is 40.3. The minimum absolute atomic E-state index is 0.0430. The van der Waals surface area contributed by atoms with Gasteiger partial charge in [-0.15, -0.1) is 0 Å². The van der Waals surface area contributed by atoms with E-state index in [1.54, 1.807) is 24.3 Å². The number of fused-ring (bicyclic) bond motifs is 1. The van der Waals surface area contributed by atoms with Crippen LogP contribution in [0.15, 0.2) is 24.3 Å². The molecule has 2 rings (SSSR count). The molecule has 0 saturated carbocycles. The lowest BCUT2D eigenvalue weighted by atomic mass is 9.94. The van der Waals surface area contributed by atoms with Crippen LogP contribution in [0, 0.1) is 0 Å². The number of carbonyl (C=O) groups is 2. The van der Waals surface area contributed by atoms with Crippen molar-refractivity contribution in [1.82, 2.24) is 4.90 Å². The highest BCUT2D eigenvalue weighted by Gasteiger charge is 2.35. The Morgan fingerprint density at radius 2 is 1.91 bits per heavy atom. The molecule has 22 heavy (non-hydrogen) atoms. The van der Waals surface area contributed by atoms with E-state index in [0.29, 0.717) is 0 Å². The van der Waals surface area contributed by atoms with Crippen molar-refractivity contribution in [1.29, 1.82) is 0 Å². The number of amides is 1. The molecule has 1 unspecified atom stereocenters. The maximum atomic E-state index is 12.0. The van der Waals surface area contributed by atoms with Gasteiger partial charge in [-0.3, -0.25) is 4.79 Å². The zero-order chi connectivity index (χ0) is 16.3. The summed E-state index contributed by atoms with van der Waals surface area (Å²) >= 11 is 0. The molecule has 0 fully saturated rings. The van der Waals surface area contributed by atoms with Gasteiger partial charge in [-0.25, -0.2) is 4.79 Å². The van der Waals surface area contributed by atoms with Gasteiger partial charge >= 0.3 is 12.1 Å². The summed E-state index contributed by atoms with van der Waals surface area (Å²) in [5.41, 5.74) is 1.60. The molecule has 0 spiro atoms. The number of aliphatic carboxylic acids is 1. The number of carboxylic acid groups (broad SMARTS) is 1. The second-order valence-corrected chi connectivity index (χ2v) is 4.96. The van der Waals surface area contributed by atoms with Crippen molar-refractivity contribution in [2.75, 3.05) is 13.2 Å². The van der Waals surface area contributed by atoms with Crippen LogP contribution in [0.2, 0.25) is 0 Å². The fourth-order valence-corrected chi connectivity index (χ4v) is 2.34. The highest BCUT2D eigenvalue weighted by molar-refractivity contribution is 5.85. The summed E-state index contributed by atoms with van der Waals surface area (Å²) in [5.74, 6) is -1.97. The number of halogens is 3. The number of ether oxygens (including phenoxy) is 1. The van der Waals surface area contributed by atoms with Gasteiger partial charge in [0.1, 0.15) is 19.3 Å². The van der Waals surface area contributed by atoms with E-state index in [1.165, 1.54) is 0 Å². The molecule has 120 valence electrons. The zero-order valence-corrected chi connectivity index (χ0v) is 11.5. The molecule has 1 aliphatic rings. The SMILES string of the molecule is O=C(O)C1Cc2ccccc2CN1C(=O)COCC(F)(F)F. The van der Waals surface area contributed by atoms with Crippen molar-refractivity contribution in [3.05, 3.63) is 35.4 Å². The molecule has 5 nitrogen and oxygen atoms in total. The molecule has 0 radical (unpaired) electrons. The van der Waals surface area contributed by atoms with Crippen LogP contribution in [-0.4, -0.2) is 47.3 Å². The van der Waals surface area contributed by atoms with Crippen molar-refractivity contribution >= 4 is 11.9 Å². The minimum atomic E-state index is -4.53. The molecule has 8 heteroatoms. The van der Waals surface area contributed by atoms with Crippen LogP contribution in [0.4, 0.5) is 13.2 Å². The van der Waals surface area contributed by atoms with Crippen molar-refractivity contribution in [3.63, 3.8) is 0 Å². The molecule has 1 N–H and O–H groups in total. The molecule has 1 heterocycles. The summed E-state index contributed by atoms with van der Waals surface area (Å²) in [5, 5.41) is 9.22. The molecule has 1 aliphatic heterocycles. The van der Waals surface area contributed by atoms with Gasteiger partial charge in [-0.2, -0.15) is 13.2 Å². The normalized spacial score (nSPS) is 18.0. The average Bonchev–Trinajstić information content (AvgIpc) is 2.44. The third-order valence-electron chi connectivity index (χ3n) is 3.35. The molecule has 1 aromatic carbocycles. The Morgan fingerprint density at radius 3 is 2.50 bits per heavy atom. The number of nitrogens with zero attached hydrogens (tertiary/aromatic N) is 1. The molecule has 0 bridgehead atoms. The summed E-state index contributed by atoms with van der Waals surface area (Å²) in [6.07, 6.45) is -4.41. The first-order valence-electron chi connectivity index (χ1n) is 6.51. The minimum Gasteiger partial charge on any atom is -0.480 e. The van der Waals surface area contributed by atoms with Gasteiger partial charge in [-0.05, 0) is 11.1 Å². The fraction of sp³-hybridized carbons (Fsp3) is 0.429. The Labute approximate surface area is 124 Å². The highest BCUT2D eigenvalue weighted by Crippen LogP contribution is 2.24. The van der Waals surface area contributed by atoms with Gasteiger partial charge in [0.2, 0.25) is 5.91 Å². The summed E-state index contributed by atoms with van der Waals surface area (Å²) in [6, 6.07) is 5.94. The number of hydrogen-bond donors (Lipinski definition) is 1. The fourth-order valence-electron chi connectivity index (χ4n) is 2.34. The summed E-state index contributed by atoms with van der Waals surface area (Å²) in [4.78, 5) is 24.3. The van der Waals surface area contributed by atoms with Crippen molar-refractivity contribution in [2.45, 2.75) is 25.2 Å². The second-order valence-electron chi connectivity index (χ2n) is 4.96. The van der Waals surface area contributed by atoms with Crippen LogP contribution in [-0.2, 0) is 27.3 Å². The molecule has 1 atom stereocenters. The first kappa shape index (κ1) is 16.3. The first-order valence-corrected chi connectivity index (χ1v) is 6.51. The number of carbonyl (C=O) groups excluding carboxylic acids is 1.